The van der Waals surface area contributed by atoms with E-state index in [1.54, 1.807) is 12.1 Å². The Hall–Kier alpha value is -2.41. The lowest BCUT2D eigenvalue weighted by Crippen LogP contribution is -2.52. The Morgan fingerprint density at radius 1 is 1.26 bits per heavy atom. The number of morpholine rings is 1. The van der Waals surface area contributed by atoms with E-state index in [2.05, 4.69) is 5.10 Å². The zero-order valence-corrected chi connectivity index (χ0v) is 12.9. The van der Waals surface area contributed by atoms with Crippen molar-refractivity contribution in [3.63, 3.8) is 0 Å². The molecule has 7 nitrogen and oxygen atoms in total. The molecular weight excluding hydrogens is 298 g/mol. The van der Waals surface area contributed by atoms with Gasteiger partial charge in [-0.05, 0) is 31.2 Å². The first kappa shape index (κ1) is 15.5. The van der Waals surface area contributed by atoms with E-state index < -0.39 is 12.0 Å². The lowest BCUT2D eigenvalue weighted by atomic mass is 10.1. The van der Waals surface area contributed by atoms with E-state index in [0.29, 0.717) is 12.2 Å². The molecule has 1 atom stereocenters. The van der Waals surface area contributed by atoms with Crippen molar-refractivity contribution >= 4 is 23.3 Å². The third-order valence-electron chi connectivity index (χ3n) is 4.06. The van der Waals surface area contributed by atoms with Gasteiger partial charge in [-0.25, -0.2) is 4.79 Å². The molecule has 2 aliphatic rings. The van der Waals surface area contributed by atoms with Gasteiger partial charge in [0.1, 0.15) is 0 Å². The van der Waals surface area contributed by atoms with Crippen molar-refractivity contribution in [2.24, 2.45) is 5.10 Å². The summed E-state index contributed by atoms with van der Waals surface area (Å²) in [6, 6.07) is 6.18. The van der Waals surface area contributed by atoms with Crippen LogP contribution in [-0.2, 0) is 9.53 Å². The monoisotopic (exact) mass is 317 g/mol. The molecule has 0 aliphatic carbocycles. The summed E-state index contributed by atoms with van der Waals surface area (Å²) < 4.78 is 5.16. The molecule has 1 aromatic rings. The Morgan fingerprint density at radius 2 is 2.00 bits per heavy atom. The molecule has 122 valence electrons. The highest BCUT2D eigenvalue weighted by Gasteiger charge is 2.33. The second kappa shape index (κ2) is 6.37. The fourth-order valence-corrected chi connectivity index (χ4v) is 2.75. The van der Waals surface area contributed by atoms with Gasteiger partial charge >= 0.3 is 5.97 Å². The van der Waals surface area contributed by atoms with Gasteiger partial charge in [0.05, 0.1) is 18.9 Å². The molecule has 3 rings (SSSR count). The Bertz CT molecular complexity index is 641. The van der Waals surface area contributed by atoms with Crippen LogP contribution >= 0.6 is 0 Å². The topological polar surface area (TPSA) is 82.4 Å². The predicted molar refractivity (Wildman–Crippen MR) is 84.8 cm³/mol. The minimum atomic E-state index is -1.04. The minimum absolute atomic E-state index is 0.0287. The van der Waals surface area contributed by atoms with Crippen molar-refractivity contribution in [2.45, 2.75) is 19.4 Å². The number of hydrogen-bond donors (Lipinski definition) is 1. The fraction of sp³-hybridized carbons (Fsp3) is 0.438. The highest BCUT2D eigenvalue weighted by molar-refractivity contribution is 5.97. The average Bonchev–Trinajstić information content (AvgIpc) is 3.01. The molecule has 1 unspecified atom stereocenters. The summed E-state index contributed by atoms with van der Waals surface area (Å²) in [5.41, 5.74) is 2.49. The van der Waals surface area contributed by atoms with Crippen LogP contribution in [0, 0.1) is 0 Å². The largest absolute Gasteiger partial charge is 0.480 e. The van der Waals surface area contributed by atoms with Crippen molar-refractivity contribution in [3.05, 3.63) is 29.8 Å². The van der Waals surface area contributed by atoms with Gasteiger partial charge in [-0.1, -0.05) is 0 Å². The smallest absolute Gasteiger partial charge is 0.328 e. The number of rotatable bonds is 3. The number of anilines is 1. The first-order valence-corrected chi connectivity index (χ1v) is 7.59. The average molecular weight is 317 g/mol. The summed E-state index contributed by atoms with van der Waals surface area (Å²) in [7, 11) is 0. The van der Waals surface area contributed by atoms with Crippen molar-refractivity contribution in [2.75, 3.05) is 31.3 Å². The second-order valence-corrected chi connectivity index (χ2v) is 5.68. The lowest BCUT2D eigenvalue weighted by molar-refractivity contribution is -0.147. The molecule has 2 heterocycles. The van der Waals surface area contributed by atoms with Gasteiger partial charge in [0.15, 0.2) is 6.04 Å². The molecule has 0 radical (unpaired) electrons. The van der Waals surface area contributed by atoms with E-state index in [4.69, 9.17) is 4.74 Å². The molecule has 0 saturated carbocycles. The quantitative estimate of drug-likeness (QED) is 0.906. The van der Waals surface area contributed by atoms with Crippen LogP contribution in [0.4, 0.5) is 5.69 Å². The Labute approximate surface area is 134 Å². The minimum Gasteiger partial charge on any atom is -0.480 e. The van der Waals surface area contributed by atoms with Gasteiger partial charge in [-0.3, -0.25) is 9.80 Å². The molecule has 1 saturated heterocycles. The number of ether oxygens (including phenoxy) is 1. The molecule has 7 heteroatoms. The van der Waals surface area contributed by atoms with Crippen LogP contribution < -0.4 is 5.01 Å². The van der Waals surface area contributed by atoms with E-state index in [1.165, 1.54) is 4.90 Å². The summed E-state index contributed by atoms with van der Waals surface area (Å²) in [6.45, 7) is 3.50. The zero-order chi connectivity index (χ0) is 16.4. The van der Waals surface area contributed by atoms with E-state index >= 15 is 0 Å². The zero-order valence-electron chi connectivity index (χ0n) is 12.9. The molecule has 0 aromatic heterocycles. The fourth-order valence-electron chi connectivity index (χ4n) is 2.75. The van der Waals surface area contributed by atoms with Crippen LogP contribution in [0.3, 0.4) is 0 Å². The molecule has 1 fully saturated rings. The van der Waals surface area contributed by atoms with Crippen molar-refractivity contribution in [1.82, 2.24) is 4.90 Å². The van der Waals surface area contributed by atoms with Gasteiger partial charge < -0.3 is 14.7 Å². The van der Waals surface area contributed by atoms with Crippen LogP contribution in [0.5, 0.6) is 0 Å². The molecular formula is C16H19N3O4. The molecule has 1 amide bonds. The van der Waals surface area contributed by atoms with E-state index in [9.17, 15) is 14.7 Å². The van der Waals surface area contributed by atoms with Gasteiger partial charge in [0.2, 0.25) is 0 Å². The molecule has 23 heavy (non-hydrogen) atoms. The lowest BCUT2D eigenvalue weighted by Gasteiger charge is -2.32. The van der Waals surface area contributed by atoms with Crippen LogP contribution in [0.25, 0.3) is 0 Å². The van der Waals surface area contributed by atoms with Gasteiger partial charge in [0, 0.05) is 30.8 Å². The SMILES string of the molecule is CC1=NN(c2ccc(C(=O)N3CCOCC3C(=O)O)cc2)CC1. The number of hydrazone groups is 1. The summed E-state index contributed by atoms with van der Waals surface area (Å²) in [4.78, 5) is 25.2. The number of carboxylic acid groups (broad SMARTS) is 1. The van der Waals surface area contributed by atoms with E-state index in [-0.39, 0.29) is 19.1 Å². The number of hydrogen-bond acceptors (Lipinski definition) is 5. The van der Waals surface area contributed by atoms with Crippen molar-refractivity contribution in [3.8, 4) is 0 Å². The van der Waals surface area contributed by atoms with Gasteiger partial charge in [-0.2, -0.15) is 5.10 Å². The Balaban J connectivity index is 1.76. The summed E-state index contributed by atoms with van der Waals surface area (Å²) in [5.74, 6) is -1.33. The summed E-state index contributed by atoms with van der Waals surface area (Å²) in [5, 5.41) is 15.5. The number of nitrogens with zero attached hydrogens (tertiary/aromatic N) is 3. The van der Waals surface area contributed by atoms with Crippen LogP contribution in [0.2, 0.25) is 0 Å². The maximum absolute atomic E-state index is 12.6. The van der Waals surface area contributed by atoms with Crippen molar-refractivity contribution in [1.29, 1.82) is 0 Å². The number of carbonyl (C=O) groups is 2. The van der Waals surface area contributed by atoms with E-state index in [0.717, 1.165) is 24.4 Å². The van der Waals surface area contributed by atoms with Gasteiger partial charge in [-0.15, -0.1) is 0 Å². The highest BCUT2D eigenvalue weighted by Crippen LogP contribution is 2.21. The van der Waals surface area contributed by atoms with Gasteiger partial charge in [0.25, 0.3) is 5.91 Å². The number of aliphatic carboxylic acids is 1. The van der Waals surface area contributed by atoms with E-state index in [1.807, 2.05) is 24.1 Å². The number of amides is 1. The second-order valence-electron chi connectivity index (χ2n) is 5.68. The molecule has 0 bridgehead atoms. The predicted octanol–water partition coefficient (Wildman–Crippen LogP) is 1.20. The standard InChI is InChI=1S/C16H19N3O4/c1-11-6-7-19(17-11)13-4-2-12(3-5-13)15(20)18-8-9-23-10-14(18)16(21)22/h2-5,14H,6-10H2,1H3,(H,21,22). The van der Waals surface area contributed by atoms with Crippen molar-refractivity contribution < 1.29 is 19.4 Å². The number of benzene rings is 1. The molecule has 1 N–H and O–H groups in total. The number of carbonyl (C=O) groups excluding carboxylic acids is 1. The summed E-state index contributed by atoms with van der Waals surface area (Å²) in [6.07, 6.45) is 0.939. The Kier molecular flexibility index (Phi) is 4.29. The number of carboxylic acids is 1. The van der Waals surface area contributed by atoms with Crippen LogP contribution in [0.15, 0.2) is 29.4 Å². The molecule has 2 aliphatic heterocycles. The third-order valence-corrected chi connectivity index (χ3v) is 4.06. The third kappa shape index (κ3) is 3.19. The summed E-state index contributed by atoms with van der Waals surface area (Å²) >= 11 is 0. The first-order chi connectivity index (χ1) is 11.1. The molecule has 1 aromatic carbocycles. The normalized spacial score (nSPS) is 21.3. The molecule has 0 spiro atoms. The van der Waals surface area contributed by atoms with Crippen LogP contribution in [-0.4, -0.2) is 59.9 Å². The Morgan fingerprint density at radius 3 is 2.61 bits per heavy atom. The first-order valence-electron chi connectivity index (χ1n) is 7.59. The highest BCUT2D eigenvalue weighted by atomic mass is 16.5. The maximum atomic E-state index is 12.6. The van der Waals surface area contributed by atoms with Crippen LogP contribution in [0.1, 0.15) is 23.7 Å². The maximum Gasteiger partial charge on any atom is 0.328 e.